The van der Waals surface area contributed by atoms with Gasteiger partial charge in [0.1, 0.15) is 11.6 Å². The maximum atomic E-state index is 13.4. The Morgan fingerprint density at radius 1 is 1.29 bits per heavy atom. The Kier molecular flexibility index (Phi) is 5.56. The van der Waals surface area contributed by atoms with Gasteiger partial charge < -0.3 is 4.74 Å². The normalized spacial score (nSPS) is 12.2. The van der Waals surface area contributed by atoms with Crippen molar-refractivity contribution in [2.75, 3.05) is 6.61 Å². The summed E-state index contributed by atoms with van der Waals surface area (Å²) in [5.41, 5.74) is 4.37. The number of halogens is 2. The molecule has 2 rings (SSSR count). The molecule has 0 heterocycles. The minimum atomic E-state index is -0.316. The van der Waals surface area contributed by atoms with Gasteiger partial charge >= 0.3 is 0 Å². The van der Waals surface area contributed by atoms with E-state index in [9.17, 15) is 4.39 Å². The number of para-hydroxylation sites is 1. The summed E-state index contributed by atoms with van der Waals surface area (Å²) >= 11 is 6.12. The van der Waals surface area contributed by atoms with Crippen LogP contribution in [0.5, 0.6) is 5.75 Å². The molecule has 21 heavy (non-hydrogen) atoms. The quantitative estimate of drug-likeness (QED) is 0.633. The maximum absolute atomic E-state index is 13.4. The molecule has 0 aliphatic carbocycles. The summed E-state index contributed by atoms with van der Waals surface area (Å²) in [7, 11) is 0. The van der Waals surface area contributed by atoms with Crippen molar-refractivity contribution in [2.24, 2.45) is 5.84 Å². The molecule has 0 aliphatic rings. The number of benzene rings is 2. The van der Waals surface area contributed by atoms with E-state index in [1.807, 2.05) is 31.2 Å². The largest absolute Gasteiger partial charge is 0.494 e. The molecule has 3 nitrogen and oxygen atoms in total. The average molecular weight is 309 g/mol. The molecule has 0 saturated carbocycles. The Bertz CT molecular complexity index is 607. The molecule has 0 aliphatic heterocycles. The van der Waals surface area contributed by atoms with Crippen molar-refractivity contribution in [1.82, 2.24) is 5.43 Å². The Morgan fingerprint density at radius 3 is 2.76 bits per heavy atom. The number of hydrazine groups is 1. The highest BCUT2D eigenvalue weighted by Gasteiger charge is 2.17. The Balaban J connectivity index is 2.30. The van der Waals surface area contributed by atoms with Crippen LogP contribution in [0.15, 0.2) is 42.5 Å². The van der Waals surface area contributed by atoms with Gasteiger partial charge in [-0.25, -0.2) is 4.39 Å². The molecule has 2 aromatic rings. The molecular formula is C16H18ClFN2O. The summed E-state index contributed by atoms with van der Waals surface area (Å²) in [4.78, 5) is 0. The summed E-state index contributed by atoms with van der Waals surface area (Å²) in [5, 5.41) is 0.519. The highest BCUT2D eigenvalue weighted by molar-refractivity contribution is 6.31. The standard InChI is InChI=1S/C16H18ClFN2O/c1-2-21-16-6-4-3-5-13(16)15(20-19)10-11-9-12(18)7-8-14(11)17/h3-9,15,20H,2,10,19H2,1H3. The van der Waals surface area contributed by atoms with Crippen LogP contribution in [0, 0.1) is 5.82 Å². The van der Waals surface area contributed by atoms with Crippen LogP contribution >= 0.6 is 11.6 Å². The second-order valence-corrected chi connectivity index (χ2v) is 5.04. The van der Waals surface area contributed by atoms with Gasteiger partial charge in [-0.15, -0.1) is 0 Å². The van der Waals surface area contributed by atoms with Crippen LogP contribution in [-0.4, -0.2) is 6.61 Å². The van der Waals surface area contributed by atoms with Crippen molar-refractivity contribution < 1.29 is 9.13 Å². The zero-order chi connectivity index (χ0) is 15.2. The summed E-state index contributed by atoms with van der Waals surface area (Å²) in [6.07, 6.45) is 0.469. The first-order chi connectivity index (χ1) is 10.2. The van der Waals surface area contributed by atoms with Crippen molar-refractivity contribution in [3.8, 4) is 5.75 Å². The first-order valence-electron chi connectivity index (χ1n) is 6.77. The highest BCUT2D eigenvalue weighted by Crippen LogP contribution is 2.29. The van der Waals surface area contributed by atoms with Gasteiger partial charge in [0.25, 0.3) is 0 Å². The van der Waals surface area contributed by atoms with E-state index < -0.39 is 0 Å². The number of nitrogens with one attached hydrogen (secondary N) is 1. The second-order valence-electron chi connectivity index (χ2n) is 4.63. The molecule has 0 fully saturated rings. The van der Waals surface area contributed by atoms with Crippen molar-refractivity contribution in [3.63, 3.8) is 0 Å². The van der Waals surface area contributed by atoms with Crippen LogP contribution in [0.4, 0.5) is 4.39 Å². The van der Waals surface area contributed by atoms with E-state index >= 15 is 0 Å². The lowest BCUT2D eigenvalue weighted by Crippen LogP contribution is -2.30. The average Bonchev–Trinajstić information content (AvgIpc) is 2.49. The first-order valence-corrected chi connectivity index (χ1v) is 7.15. The van der Waals surface area contributed by atoms with Crippen LogP contribution in [0.1, 0.15) is 24.1 Å². The summed E-state index contributed by atoms with van der Waals surface area (Å²) in [5.74, 6) is 6.11. The highest BCUT2D eigenvalue weighted by atomic mass is 35.5. The number of rotatable bonds is 6. The van der Waals surface area contributed by atoms with Gasteiger partial charge in [-0.1, -0.05) is 29.8 Å². The van der Waals surface area contributed by atoms with Gasteiger partial charge in [-0.05, 0) is 43.2 Å². The zero-order valence-corrected chi connectivity index (χ0v) is 12.5. The molecule has 112 valence electrons. The molecule has 0 spiro atoms. The van der Waals surface area contributed by atoms with E-state index in [0.717, 1.165) is 11.3 Å². The number of ether oxygens (including phenoxy) is 1. The van der Waals surface area contributed by atoms with E-state index in [1.54, 1.807) is 6.07 Å². The van der Waals surface area contributed by atoms with Crippen molar-refractivity contribution in [3.05, 3.63) is 64.4 Å². The molecule has 3 N–H and O–H groups in total. The van der Waals surface area contributed by atoms with Crippen LogP contribution in [0.3, 0.4) is 0 Å². The lowest BCUT2D eigenvalue weighted by molar-refractivity contribution is 0.331. The van der Waals surface area contributed by atoms with Crippen LogP contribution in [0.2, 0.25) is 5.02 Å². The fraction of sp³-hybridized carbons (Fsp3) is 0.250. The molecule has 0 aromatic heterocycles. The molecule has 0 amide bonds. The third kappa shape index (κ3) is 3.94. The van der Waals surface area contributed by atoms with E-state index in [2.05, 4.69) is 5.43 Å². The smallest absolute Gasteiger partial charge is 0.124 e. The molecule has 0 bridgehead atoms. The third-order valence-corrected chi connectivity index (χ3v) is 3.60. The van der Waals surface area contributed by atoms with Gasteiger partial charge in [0.05, 0.1) is 12.6 Å². The van der Waals surface area contributed by atoms with Crippen molar-refractivity contribution in [1.29, 1.82) is 0 Å². The third-order valence-electron chi connectivity index (χ3n) is 3.23. The summed E-state index contributed by atoms with van der Waals surface area (Å²) < 4.78 is 19.0. The first kappa shape index (κ1) is 15.8. The van der Waals surface area contributed by atoms with E-state index in [1.165, 1.54) is 12.1 Å². The summed E-state index contributed by atoms with van der Waals surface area (Å²) in [6.45, 7) is 2.49. The minimum absolute atomic E-state index is 0.216. The van der Waals surface area contributed by atoms with E-state index in [4.69, 9.17) is 22.2 Å². The molecule has 0 radical (unpaired) electrons. The lowest BCUT2D eigenvalue weighted by atomic mass is 9.98. The van der Waals surface area contributed by atoms with Gasteiger partial charge in [-0.3, -0.25) is 11.3 Å². The fourth-order valence-corrected chi connectivity index (χ4v) is 2.43. The van der Waals surface area contributed by atoms with Crippen molar-refractivity contribution in [2.45, 2.75) is 19.4 Å². The van der Waals surface area contributed by atoms with Gasteiger partial charge in [0, 0.05) is 10.6 Å². The predicted molar refractivity (Wildman–Crippen MR) is 82.8 cm³/mol. The van der Waals surface area contributed by atoms with E-state index in [0.29, 0.717) is 23.6 Å². The monoisotopic (exact) mass is 308 g/mol. The van der Waals surface area contributed by atoms with Crippen LogP contribution < -0.4 is 16.0 Å². The molecule has 2 aromatic carbocycles. The molecule has 5 heteroatoms. The molecule has 1 unspecified atom stereocenters. The molecule has 0 saturated heterocycles. The topological polar surface area (TPSA) is 47.3 Å². The SMILES string of the molecule is CCOc1ccccc1C(Cc1cc(F)ccc1Cl)NN. The van der Waals surface area contributed by atoms with E-state index in [-0.39, 0.29) is 11.9 Å². The minimum Gasteiger partial charge on any atom is -0.494 e. The fourth-order valence-electron chi connectivity index (χ4n) is 2.23. The van der Waals surface area contributed by atoms with Gasteiger partial charge in [-0.2, -0.15) is 0 Å². The Hall–Kier alpha value is -1.62. The van der Waals surface area contributed by atoms with Crippen LogP contribution in [0.25, 0.3) is 0 Å². The zero-order valence-electron chi connectivity index (χ0n) is 11.8. The number of hydrogen-bond acceptors (Lipinski definition) is 3. The molecule has 1 atom stereocenters. The Labute approximate surface area is 128 Å². The predicted octanol–water partition coefficient (Wildman–Crippen LogP) is 3.62. The Morgan fingerprint density at radius 2 is 2.05 bits per heavy atom. The summed E-state index contributed by atoms with van der Waals surface area (Å²) in [6, 6.07) is 11.7. The van der Waals surface area contributed by atoms with Crippen LogP contribution in [-0.2, 0) is 6.42 Å². The molecular weight excluding hydrogens is 291 g/mol. The van der Waals surface area contributed by atoms with Gasteiger partial charge in [0.15, 0.2) is 0 Å². The number of nitrogens with two attached hydrogens (primary N) is 1. The second kappa shape index (κ2) is 7.41. The lowest BCUT2D eigenvalue weighted by Gasteiger charge is -2.20. The number of hydrogen-bond donors (Lipinski definition) is 2. The van der Waals surface area contributed by atoms with Crippen molar-refractivity contribution >= 4 is 11.6 Å². The maximum Gasteiger partial charge on any atom is 0.124 e. The van der Waals surface area contributed by atoms with Gasteiger partial charge in [0.2, 0.25) is 0 Å².